The summed E-state index contributed by atoms with van der Waals surface area (Å²) in [7, 11) is 0. The SMILES string of the molecule is CCN(CC(C)CN)c1nc[nH]c(=O)c1N. The normalized spacial score (nSPS) is 12.4. The molecule has 1 unspecified atom stereocenters. The van der Waals surface area contributed by atoms with E-state index in [1.54, 1.807) is 0 Å². The lowest BCUT2D eigenvalue weighted by molar-refractivity contribution is 0.573. The van der Waals surface area contributed by atoms with Crippen molar-refractivity contribution in [1.29, 1.82) is 0 Å². The monoisotopic (exact) mass is 225 g/mol. The lowest BCUT2D eigenvalue weighted by Gasteiger charge is -2.25. The van der Waals surface area contributed by atoms with E-state index < -0.39 is 0 Å². The lowest BCUT2D eigenvalue weighted by Crippen LogP contribution is -2.34. The van der Waals surface area contributed by atoms with E-state index in [0.717, 1.165) is 13.1 Å². The van der Waals surface area contributed by atoms with Gasteiger partial charge in [0.2, 0.25) is 0 Å². The number of hydrogen-bond donors (Lipinski definition) is 3. The molecule has 0 radical (unpaired) electrons. The Morgan fingerprint density at radius 2 is 2.31 bits per heavy atom. The minimum atomic E-state index is -0.302. The fourth-order valence-electron chi connectivity index (χ4n) is 1.47. The maximum atomic E-state index is 11.3. The molecule has 1 aromatic rings. The highest BCUT2D eigenvalue weighted by Crippen LogP contribution is 2.15. The first-order chi connectivity index (χ1) is 7.60. The van der Waals surface area contributed by atoms with Crippen LogP contribution >= 0.6 is 0 Å². The molecule has 0 amide bonds. The number of aromatic nitrogens is 2. The van der Waals surface area contributed by atoms with Gasteiger partial charge in [-0.2, -0.15) is 0 Å². The van der Waals surface area contributed by atoms with Crippen molar-refractivity contribution in [1.82, 2.24) is 9.97 Å². The molecule has 1 rings (SSSR count). The van der Waals surface area contributed by atoms with Gasteiger partial charge in [0.25, 0.3) is 5.56 Å². The van der Waals surface area contributed by atoms with Crippen LogP contribution < -0.4 is 21.9 Å². The van der Waals surface area contributed by atoms with Crippen molar-refractivity contribution in [2.24, 2.45) is 11.7 Å². The second-order valence-corrected chi connectivity index (χ2v) is 3.85. The molecule has 0 bridgehead atoms. The van der Waals surface area contributed by atoms with Crippen LogP contribution in [0.3, 0.4) is 0 Å². The third-order valence-electron chi connectivity index (χ3n) is 2.48. The topological polar surface area (TPSA) is 101 Å². The van der Waals surface area contributed by atoms with Crippen molar-refractivity contribution in [3.05, 3.63) is 16.7 Å². The largest absolute Gasteiger partial charge is 0.391 e. The van der Waals surface area contributed by atoms with Crippen LogP contribution in [0.25, 0.3) is 0 Å². The summed E-state index contributed by atoms with van der Waals surface area (Å²) in [5.41, 5.74) is 11.1. The molecule has 0 aromatic carbocycles. The Hall–Kier alpha value is -1.56. The maximum Gasteiger partial charge on any atom is 0.276 e. The van der Waals surface area contributed by atoms with Gasteiger partial charge in [0.1, 0.15) is 5.69 Å². The average molecular weight is 225 g/mol. The zero-order valence-electron chi connectivity index (χ0n) is 9.73. The van der Waals surface area contributed by atoms with E-state index in [1.807, 2.05) is 18.7 Å². The van der Waals surface area contributed by atoms with Gasteiger partial charge in [-0.15, -0.1) is 0 Å². The van der Waals surface area contributed by atoms with Gasteiger partial charge in [-0.05, 0) is 19.4 Å². The number of anilines is 2. The average Bonchev–Trinajstić information content (AvgIpc) is 2.29. The Morgan fingerprint density at radius 1 is 1.62 bits per heavy atom. The van der Waals surface area contributed by atoms with Crippen molar-refractivity contribution in [3.63, 3.8) is 0 Å². The molecule has 5 N–H and O–H groups in total. The molecule has 1 aromatic heterocycles. The summed E-state index contributed by atoms with van der Waals surface area (Å²) in [6.07, 6.45) is 1.36. The molecule has 6 nitrogen and oxygen atoms in total. The zero-order chi connectivity index (χ0) is 12.1. The summed E-state index contributed by atoms with van der Waals surface area (Å²) in [6.45, 7) is 6.12. The standard InChI is InChI=1S/C10H19N5O/c1-3-15(5-7(2)4-11)9-8(12)10(16)14-6-13-9/h6-7H,3-5,11-12H2,1-2H3,(H,13,14,16). The number of aromatic amines is 1. The van der Waals surface area contributed by atoms with Crippen molar-refractivity contribution in [2.45, 2.75) is 13.8 Å². The molecule has 1 heterocycles. The van der Waals surface area contributed by atoms with E-state index in [2.05, 4.69) is 9.97 Å². The van der Waals surface area contributed by atoms with Crippen LogP contribution in [-0.4, -0.2) is 29.6 Å². The molecule has 90 valence electrons. The van der Waals surface area contributed by atoms with Crippen molar-refractivity contribution >= 4 is 11.5 Å². The Balaban J connectivity index is 2.95. The number of nitrogens with one attached hydrogen (secondary N) is 1. The molecule has 0 aliphatic rings. The summed E-state index contributed by atoms with van der Waals surface area (Å²) < 4.78 is 0. The van der Waals surface area contributed by atoms with Crippen LogP contribution in [0.15, 0.2) is 11.1 Å². The van der Waals surface area contributed by atoms with Gasteiger partial charge in [-0.25, -0.2) is 4.98 Å². The van der Waals surface area contributed by atoms with E-state index >= 15 is 0 Å². The first-order valence-electron chi connectivity index (χ1n) is 5.38. The fourth-order valence-corrected chi connectivity index (χ4v) is 1.47. The molecule has 0 spiro atoms. The van der Waals surface area contributed by atoms with Gasteiger partial charge in [-0.1, -0.05) is 6.92 Å². The smallest absolute Gasteiger partial charge is 0.276 e. The number of H-pyrrole nitrogens is 1. The predicted octanol–water partition coefficient (Wildman–Crippen LogP) is -0.227. The van der Waals surface area contributed by atoms with Crippen molar-refractivity contribution < 1.29 is 0 Å². The molecule has 1 atom stereocenters. The molecule has 16 heavy (non-hydrogen) atoms. The van der Waals surface area contributed by atoms with E-state index in [0.29, 0.717) is 18.3 Å². The second kappa shape index (κ2) is 5.50. The summed E-state index contributed by atoms with van der Waals surface area (Å²) in [4.78, 5) is 19.8. The molecular weight excluding hydrogens is 206 g/mol. The number of hydrogen-bond acceptors (Lipinski definition) is 5. The lowest BCUT2D eigenvalue weighted by atomic mass is 10.1. The second-order valence-electron chi connectivity index (χ2n) is 3.85. The summed E-state index contributed by atoms with van der Waals surface area (Å²) >= 11 is 0. The Kier molecular flexibility index (Phi) is 4.30. The van der Waals surface area contributed by atoms with Crippen LogP contribution in [0, 0.1) is 5.92 Å². The minimum Gasteiger partial charge on any atom is -0.391 e. The highest BCUT2D eigenvalue weighted by atomic mass is 16.1. The number of rotatable bonds is 5. The van der Waals surface area contributed by atoms with Crippen LogP contribution in [0.1, 0.15) is 13.8 Å². The zero-order valence-corrected chi connectivity index (χ0v) is 9.73. The van der Waals surface area contributed by atoms with Gasteiger partial charge in [0.05, 0.1) is 6.33 Å². The van der Waals surface area contributed by atoms with E-state index in [-0.39, 0.29) is 11.2 Å². The first-order valence-corrected chi connectivity index (χ1v) is 5.38. The molecule has 0 saturated carbocycles. The number of nitrogen functional groups attached to an aromatic ring is 1. The molecular formula is C10H19N5O. The Labute approximate surface area is 94.7 Å². The van der Waals surface area contributed by atoms with Gasteiger partial charge in [-0.3, -0.25) is 4.79 Å². The minimum absolute atomic E-state index is 0.161. The Bertz CT molecular complexity index is 389. The van der Waals surface area contributed by atoms with Gasteiger partial charge >= 0.3 is 0 Å². The number of nitrogens with two attached hydrogens (primary N) is 2. The van der Waals surface area contributed by atoms with Gasteiger partial charge < -0.3 is 21.4 Å². The third-order valence-corrected chi connectivity index (χ3v) is 2.48. The summed E-state index contributed by atoms with van der Waals surface area (Å²) in [6, 6.07) is 0. The van der Waals surface area contributed by atoms with Crippen LogP contribution in [0.4, 0.5) is 11.5 Å². The van der Waals surface area contributed by atoms with E-state index in [9.17, 15) is 4.79 Å². The summed E-state index contributed by atoms with van der Waals surface area (Å²) in [5.74, 6) is 0.868. The van der Waals surface area contributed by atoms with Crippen LogP contribution in [-0.2, 0) is 0 Å². The third kappa shape index (κ3) is 2.73. The quantitative estimate of drug-likeness (QED) is 0.642. The van der Waals surface area contributed by atoms with Gasteiger partial charge in [0.15, 0.2) is 5.82 Å². The molecule has 0 saturated heterocycles. The maximum absolute atomic E-state index is 11.3. The highest BCUT2D eigenvalue weighted by molar-refractivity contribution is 5.60. The van der Waals surface area contributed by atoms with Crippen LogP contribution in [0.2, 0.25) is 0 Å². The Morgan fingerprint density at radius 3 is 2.88 bits per heavy atom. The van der Waals surface area contributed by atoms with Gasteiger partial charge in [0, 0.05) is 13.1 Å². The molecule has 6 heteroatoms. The van der Waals surface area contributed by atoms with E-state index in [4.69, 9.17) is 11.5 Å². The summed E-state index contributed by atoms with van der Waals surface area (Å²) in [5, 5.41) is 0. The molecule has 0 aliphatic carbocycles. The first kappa shape index (κ1) is 12.5. The fraction of sp³-hybridized carbons (Fsp3) is 0.600. The highest BCUT2D eigenvalue weighted by Gasteiger charge is 2.14. The van der Waals surface area contributed by atoms with Crippen molar-refractivity contribution in [2.75, 3.05) is 30.3 Å². The molecule has 0 aliphatic heterocycles. The van der Waals surface area contributed by atoms with Crippen LogP contribution in [0.5, 0.6) is 0 Å². The van der Waals surface area contributed by atoms with E-state index in [1.165, 1.54) is 6.33 Å². The number of nitrogens with zero attached hydrogens (tertiary/aromatic N) is 2. The van der Waals surface area contributed by atoms with Crippen molar-refractivity contribution in [3.8, 4) is 0 Å². The molecule has 0 fully saturated rings. The predicted molar refractivity (Wildman–Crippen MR) is 65.4 cm³/mol.